The van der Waals surface area contributed by atoms with Gasteiger partial charge in [0.2, 0.25) is 0 Å². The van der Waals surface area contributed by atoms with Crippen LogP contribution in [-0.4, -0.2) is 23.0 Å². The summed E-state index contributed by atoms with van der Waals surface area (Å²) in [6, 6.07) is 17.1. The highest BCUT2D eigenvalue weighted by Crippen LogP contribution is 2.46. The van der Waals surface area contributed by atoms with Gasteiger partial charge < -0.3 is 14.8 Å². The van der Waals surface area contributed by atoms with Crippen LogP contribution in [0.25, 0.3) is 10.8 Å². The molecule has 0 radical (unpaired) electrons. The highest BCUT2D eigenvalue weighted by molar-refractivity contribution is 5.94. The van der Waals surface area contributed by atoms with Crippen molar-refractivity contribution in [2.45, 2.75) is 25.7 Å². The normalized spacial score (nSPS) is 14.1. The molecular formula is C26H23N3O5. The Morgan fingerprint density at radius 1 is 0.971 bits per heavy atom. The Bertz CT molecular complexity index is 1540. The van der Waals surface area contributed by atoms with Crippen molar-refractivity contribution in [3.8, 4) is 11.5 Å². The zero-order chi connectivity index (χ0) is 23.8. The van der Waals surface area contributed by atoms with Crippen LogP contribution in [0.3, 0.4) is 0 Å². The fraction of sp³-hybridized carbons (Fsp3) is 0.192. The van der Waals surface area contributed by atoms with Crippen molar-refractivity contribution in [2.24, 2.45) is 0 Å². The summed E-state index contributed by atoms with van der Waals surface area (Å²) in [4.78, 5) is 42.2. The first-order valence-electron chi connectivity index (χ1n) is 11.0. The van der Waals surface area contributed by atoms with Crippen LogP contribution in [0.2, 0.25) is 0 Å². The first-order valence-corrected chi connectivity index (χ1v) is 11.0. The van der Waals surface area contributed by atoms with Crippen LogP contribution >= 0.6 is 0 Å². The third kappa shape index (κ3) is 3.63. The average Bonchev–Trinajstić information content (AvgIpc) is 2.83. The van der Waals surface area contributed by atoms with Crippen molar-refractivity contribution < 1.29 is 14.3 Å². The van der Waals surface area contributed by atoms with E-state index in [1.807, 2.05) is 49.4 Å². The number of esters is 1. The molecule has 1 atom stereocenters. The van der Waals surface area contributed by atoms with Crippen LogP contribution < -0.4 is 26.0 Å². The molecule has 0 spiro atoms. The molecule has 1 aliphatic heterocycles. The van der Waals surface area contributed by atoms with Gasteiger partial charge in [-0.15, -0.1) is 0 Å². The molecule has 172 valence electrons. The number of rotatable bonds is 5. The molecule has 0 fully saturated rings. The number of nitrogens with one attached hydrogen (secondary N) is 3. The molecule has 0 saturated carbocycles. The number of ether oxygens (including phenoxy) is 2. The van der Waals surface area contributed by atoms with E-state index in [1.165, 1.54) is 7.11 Å². The predicted octanol–water partition coefficient (Wildman–Crippen LogP) is 4.17. The number of hydrogen-bond acceptors (Lipinski definition) is 6. The molecule has 0 bridgehead atoms. The summed E-state index contributed by atoms with van der Waals surface area (Å²) in [5.41, 5.74) is 1.77. The third-order valence-corrected chi connectivity index (χ3v) is 5.99. The van der Waals surface area contributed by atoms with Gasteiger partial charge in [-0.3, -0.25) is 19.6 Å². The molecule has 0 saturated heterocycles. The lowest BCUT2D eigenvalue weighted by Crippen LogP contribution is -2.32. The highest BCUT2D eigenvalue weighted by atomic mass is 16.6. The van der Waals surface area contributed by atoms with E-state index in [0.29, 0.717) is 35.7 Å². The number of aromatic amines is 2. The highest BCUT2D eigenvalue weighted by Gasteiger charge is 2.32. The smallest absolute Gasteiger partial charge is 0.327 e. The minimum atomic E-state index is -0.588. The van der Waals surface area contributed by atoms with E-state index in [2.05, 4.69) is 15.3 Å². The summed E-state index contributed by atoms with van der Waals surface area (Å²) in [7, 11) is 1.50. The van der Waals surface area contributed by atoms with Crippen molar-refractivity contribution in [1.29, 1.82) is 0 Å². The van der Waals surface area contributed by atoms with Crippen LogP contribution in [0.5, 0.6) is 11.5 Å². The molecule has 1 aromatic heterocycles. The lowest BCUT2D eigenvalue weighted by molar-refractivity contribution is -0.134. The number of methoxy groups -OCH3 is 1. The fourth-order valence-corrected chi connectivity index (χ4v) is 4.52. The van der Waals surface area contributed by atoms with E-state index < -0.39 is 17.2 Å². The lowest BCUT2D eigenvalue weighted by atomic mass is 9.80. The van der Waals surface area contributed by atoms with Gasteiger partial charge >= 0.3 is 11.7 Å². The number of hydrogen-bond donors (Lipinski definition) is 3. The van der Waals surface area contributed by atoms with E-state index in [0.717, 1.165) is 27.6 Å². The third-order valence-electron chi connectivity index (χ3n) is 5.99. The van der Waals surface area contributed by atoms with E-state index >= 15 is 0 Å². The number of carbonyl (C=O) groups is 1. The van der Waals surface area contributed by atoms with E-state index in [-0.39, 0.29) is 5.97 Å². The second kappa shape index (κ2) is 8.55. The molecule has 0 amide bonds. The van der Waals surface area contributed by atoms with Crippen LogP contribution in [-0.2, 0) is 4.79 Å². The Morgan fingerprint density at radius 3 is 2.59 bits per heavy atom. The molecule has 5 rings (SSSR count). The zero-order valence-corrected chi connectivity index (χ0v) is 18.7. The Morgan fingerprint density at radius 2 is 1.79 bits per heavy atom. The van der Waals surface area contributed by atoms with Crippen molar-refractivity contribution >= 4 is 28.2 Å². The molecule has 2 heterocycles. The van der Waals surface area contributed by atoms with Crippen molar-refractivity contribution in [2.75, 3.05) is 12.4 Å². The van der Waals surface area contributed by atoms with Gasteiger partial charge in [-0.25, -0.2) is 4.79 Å². The average molecular weight is 457 g/mol. The molecule has 0 aliphatic carbocycles. The summed E-state index contributed by atoms with van der Waals surface area (Å²) >= 11 is 0. The predicted molar refractivity (Wildman–Crippen MR) is 129 cm³/mol. The first-order chi connectivity index (χ1) is 16.5. The van der Waals surface area contributed by atoms with Crippen LogP contribution in [0.4, 0.5) is 11.5 Å². The first kappa shape index (κ1) is 21.5. The van der Waals surface area contributed by atoms with Gasteiger partial charge in [0.25, 0.3) is 5.56 Å². The monoisotopic (exact) mass is 457 g/mol. The molecule has 34 heavy (non-hydrogen) atoms. The van der Waals surface area contributed by atoms with Gasteiger partial charge in [0.05, 0.1) is 12.7 Å². The molecule has 1 unspecified atom stereocenters. The van der Waals surface area contributed by atoms with E-state index in [9.17, 15) is 14.4 Å². The maximum absolute atomic E-state index is 13.0. The van der Waals surface area contributed by atoms with E-state index in [1.54, 1.807) is 12.1 Å². The molecule has 8 heteroatoms. The molecular weight excluding hydrogens is 434 g/mol. The Labute approximate surface area is 194 Å². The number of anilines is 2. The van der Waals surface area contributed by atoms with Gasteiger partial charge in [-0.05, 0) is 46.5 Å². The maximum Gasteiger partial charge on any atom is 0.327 e. The number of H-pyrrole nitrogens is 2. The Hall–Kier alpha value is -4.33. The minimum Gasteiger partial charge on any atom is -0.493 e. The van der Waals surface area contributed by atoms with E-state index in [4.69, 9.17) is 9.47 Å². The fourth-order valence-electron chi connectivity index (χ4n) is 4.52. The quantitative estimate of drug-likeness (QED) is 0.270. The van der Waals surface area contributed by atoms with Crippen molar-refractivity contribution in [1.82, 2.24) is 9.97 Å². The van der Waals surface area contributed by atoms with Gasteiger partial charge in [0.15, 0.2) is 11.5 Å². The number of aromatic nitrogens is 2. The summed E-state index contributed by atoms with van der Waals surface area (Å²) in [6.45, 7) is 1.90. The van der Waals surface area contributed by atoms with Gasteiger partial charge in [-0.1, -0.05) is 43.3 Å². The van der Waals surface area contributed by atoms with Gasteiger partial charge in [0.1, 0.15) is 5.82 Å². The maximum atomic E-state index is 13.0. The SMILES string of the molecule is CCCC(=O)Oc1ccc(C2c3c([nH]c(=O)[nH]c3=O)Nc3ccc4ccccc4c32)cc1OC. The zero-order valence-electron chi connectivity index (χ0n) is 18.7. The summed E-state index contributed by atoms with van der Waals surface area (Å²) < 4.78 is 11.0. The molecule has 4 aromatic rings. The largest absolute Gasteiger partial charge is 0.493 e. The second-order valence-electron chi connectivity index (χ2n) is 8.14. The second-order valence-corrected chi connectivity index (χ2v) is 8.14. The number of fused-ring (bicyclic) bond motifs is 4. The molecule has 3 N–H and O–H groups in total. The van der Waals surface area contributed by atoms with Crippen molar-refractivity contribution in [3.05, 3.63) is 92.1 Å². The van der Waals surface area contributed by atoms with Crippen molar-refractivity contribution in [3.63, 3.8) is 0 Å². The molecule has 1 aliphatic rings. The Balaban J connectivity index is 1.74. The summed E-state index contributed by atoms with van der Waals surface area (Å²) in [5, 5.41) is 5.22. The van der Waals surface area contributed by atoms with Crippen LogP contribution in [0.15, 0.2) is 64.2 Å². The minimum absolute atomic E-state index is 0.300. The molecule has 8 nitrogen and oxygen atoms in total. The number of carbonyl (C=O) groups excluding carboxylic acids is 1. The van der Waals surface area contributed by atoms with Crippen LogP contribution in [0.1, 0.15) is 42.4 Å². The van der Waals surface area contributed by atoms with Gasteiger partial charge in [-0.2, -0.15) is 0 Å². The summed E-state index contributed by atoms with van der Waals surface area (Å²) in [5.74, 6) is 0.189. The topological polar surface area (TPSA) is 113 Å². The lowest BCUT2D eigenvalue weighted by Gasteiger charge is -2.30. The molecule has 3 aromatic carbocycles. The number of benzene rings is 3. The standard InChI is InChI=1S/C26H23N3O5/c1-3-6-20(30)34-18-12-10-15(13-19(18)33-2)21-22-16-8-5-4-7-14(16)9-11-17(22)27-24-23(21)25(31)29-26(32)28-24/h4-5,7-13,21H,3,6H2,1-2H3,(H3,27,28,29,31,32). The Kier molecular flexibility index (Phi) is 5.41. The van der Waals surface area contributed by atoms with Crippen LogP contribution in [0, 0.1) is 0 Å². The van der Waals surface area contributed by atoms with Gasteiger partial charge in [0, 0.05) is 18.0 Å². The summed E-state index contributed by atoms with van der Waals surface area (Å²) in [6.07, 6.45) is 0.977.